The second-order valence-electron chi connectivity index (χ2n) is 1.81. The van der Waals surface area contributed by atoms with Crippen molar-refractivity contribution in [3.05, 3.63) is 23.8 Å². The zero-order valence-corrected chi connectivity index (χ0v) is 8.02. The van der Waals surface area contributed by atoms with Crippen LogP contribution in [0.3, 0.4) is 0 Å². The van der Waals surface area contributed by atoms with Crippen LogP contribution in [0.4, 0.5) is 4.39 Å². The van der Waals surface area contributed by atoms with E-state index in [2.05, 4.69) is 0 Å². The van der Waals surface area contributed by atoms with Gasteiger partial charge in [0.15, 0.2) is 0 Å². The van der Waals surface area contributed by atoms with Crippen LogP contribution in [-0.2, 0) is 0 Å². The number of alkyl halides is 1. The molecule has 0 aromatic rings. The topological polar surface area (TPSA) is 0 Å². The lowest BCUT2D eigenvalue weighted by molar-refractivity contribution is 0.549. The van der Waals surface area contributed by atoms with Gasteiger partial charge in [0.05, 0.1) is 0 Å². The van der Waals surface area contributed by atoms with E-state index in [4.69, 9.17) is 0 Å². The van der Waals surface area contributed by atoms with Crippen LogP contribution in [0.5, 0.6) is 0 Å². The Balaban J connectivity index is 0. The zero-order chi connectivity index (χ0) is 9.11. The summed E-state index contributed by atoms with van der Waals surface area (Å²) in [5, 5.41) is 0. The summed E-state index contributed by atoms with van der Waals surface area (Å²) >= 11 is 0. The Kier molecular flexibility index (Phi) is 14.4. The molecule has 0 aliphatic heterocycles. The minimum atomic E-state index is -0.354. The van der Waals surface area contributed by atoms with E-state index < -0.39 is 0 Å². The van der Waals surface area contributed by atoms with Gasteiger partial charge in [-0.2, -0.15) is 0 Å². The average Bonchev–Trinajstić information content (AvgIpc) is 2.10. The number of halogens is 1. The van der Waals surface area contributed by atoms with Crippen LogP contribution in [0.1, 0.15) is 34.1 Å². The van der Waals surface area contributed by atoms with Gasteiger partial charge in [0, 0.05) is 0 Å². The van der Waals surface area contributed by atoms with Crippen molar-refractivity contribution in [3.63, 3.8) is 0 Å². The lowest BCUT2D eigenvalue weighted by Gasteiger charge is -1.88. The molecule has 0 aromatic carbocycles. The Labute approximate surface area is 69.8 Å². The lowest BCUT2D eigenvalue weighted by atomic mass is 10.2. The Bertz CT molecular complexity index is 112. The zero-order valence-electron chi connectivity index (χ0n) is 8.02. The molecule has 0 unspecified atom stereocenters. The molecule has 0 saturated carbocycles. The normalized spacial score (nSPS) is 11.2. The molecule has 0 aromatic heterocycles. The largest absolute Gasteiger partial charge is 0.246 e. The van der Waals surface area contributed by atoms with Crippen LogP contribution in [0, 0.1) is 0 Å². The van der Waals surface area contributed by atoms with Crippen molar-refractivity contribution >= 4 is 0 Å². The summed E-state index contributed by atoms with van der Waals surface area (Å²) in [4.78, 5) is 0. The molecule has 1 heteroatoms. The molecule has 0 fully saturated rings. The Morgan fingerprint density at radius 2 is 1.91 bits per heavy atom. The first-order valence-corrected chi connectivity index (χ1v) is 4.22. The lowest BCUT2D eigenvalue weighted by Crippen LogP contribution is -1.77. The van der Waals surface area contributed by atoms with Crippen molar-refractivity contribution in [1.29, 1.82) is 0 Å². The van der Waals surface area contributed by atoms with E-state index in [1.807, 2.05) is 39.8 Å². The summed E-state index contributed by atoms with van der Waals surface area (Å²) in [5.74, 6) is 0. The second kappa shape index (κ2) is 12.1. The van der Waals surface area contributed by atoms with E-state index in [9.17, 15) is 4.39 Å². The highest BCUT2D eigenvalue weighted by Gasteiger charge is 1.84. The van der Waals surface area contributed by atoms with Crippen LogP contribution in [0.2, 0.25) is 0 Å². The van der Waals surface area contributed by atoms with Crippen LogP contribution in [0.15, 0.2) is 23.8 Å². The molecule has 0 spiro atoms. The van der Waals surface area contributed by atoms with Gasteiger partial charge in [0.25, 0.3) is 0 Å². The molecule has 0 saturated heterocycles. The predicted molar refractivity (Wildman–Crippen MR) is 50.5 cm³/mol. The van der Waals surface area contributed by atoms with Gasteiger partial charge < -0.3 is 0 Å². The molecule has 0 radical (unpaired) electrons. The maximum absolute atomic E-state index is 11.9. The highest BCUT2D eigenvalue weighted by molar-refractivity contribution is 5.17. The van der Waals surface area contributed by atoms with Gasteiger partial charge in [-0.1, -0.05) is 39.0 Å². The minimum absolute atomic E-state index is 0.354. The quantitative estimate of drug-likeness (QED) is 0.546. The van der Waals surface area contributed by atoms with Crippen molar-refractivity contribution < 1.29 is 4.39 Å². The van der Waals surface area contributed by atoms with E-state index in [1.165, 1.54) is 0 Å². The molecule has 0 N–H and O–H groups in total. The van der Waals surface area contributed by atoms with E-state index >= 15 is 0 Å². The van der Waals surface area contributed by atoms with Gasteiger partial charge in [-0.05, 0) is 18.9 Å². The molecule has 0 amide bonds. The third kappa shape index (κ3) is 9.41. The first-order valence-electron chi connectivity index (χ1n) is 4.22. The number of allylic oxidation sites excluding steroid dienone is 4. The Hall–Kier alpha value is -0.590. The summed E-state index contributed by atoms with van der Waals surface area (Å²) in [6.07, 6.45) is 6.53. The van der Waals surface area contributed by atoms with Gasteiger partial charge >= 0.3 is 0 Å². The van der Waals surface area contributed by atoms with Gasteiger partial charge in [-0.3, -0.25) is 0 Å². The third-order valence-electron chi connectivity index (χ3n) is 1.09. The molecular formula is C10H19F. The molecule has 0 heterocycles. The van der Waals surface area contributed by atoms with Crippen molar-refractivity contribution in [2.24, 2.45) is 0 Å². The molecule has 0 aliphatic carbocycles. The average molecular weight is 158 g/mol. The monoisotopic (exact) mass is 158 g/mol. The van der Waals surface area contributed by atoms with Gasteiger partial charge in [-0.25, -0.2) is 4.39 Å². The fourth-order valence-corrected chi connectivity index (χ4v) is 0.487. The number of hydrogen-bond donors (Lipinski definition) is 0. The van der Waals surface area contributed by atoms with E-state index in [0.717, 1.165) is 12.0 Å². The predicted octanol–water partition coefficient (Wildman–Crippen LogP) is 3.89. The highest BCUT2D eigenvalue weighted by atomic mass is 19.1. The van der Waals surface area contributed by atoms with Gasteiger partial charge in [0.2, 0.25) is 0 Å². The van der Waals surface area contributed by atoms with E-state index in [0.29, 0.717) is 0 Å². The van der Waals surface area contributed by atoms with E-state index in [-0.39, 0.29) is 6.67 Å². The van der Waals surface area contributed by atoms with Crippen LogP contribution in [-0.4, -0.2) is 6.67 Å². The van der Waals surface area contributed by atoms with Gasteiger partial charge in [0.1, 0.15) is 6.67 Å². The molecule has 66 valence electrons. The second-order valence-corrected chi connectivity index (χ2v) is 1.81. The van der Waals surface area contributed by atoms with Gasteiger partial charge in [-0.15, -0.1) is 0 Å². The molecule has 0 aliphatic rings. The van der Waals surface area contributed by atoms with Crippen molar-refractivity contribution in [2.45, 2.75) is 34.1 Å². The summed E-state index contributed by atoms with van der Waals surface area (Å²) in [7, 11) is 0. The number of hydrogen-bond acceptors (Lipinski definition) is 0. The molecule has 11 heavy (non-hydrogen) atoms. The van der Waals surface area contributed by atoms with Crippen LogP contribution in [0.25, 0.3) is 0 Å². The molecule has 0 atom stereocenters. The van der Waals surface area contributed by atoms with Crippen LogP contribution >= 0.6 is 0 Å². The molecule has 0 rings (SSSR count). The molecular weight excluding hydrogens is 139 g/mol. The summed E-state index contributed by atoms with van der Waals surface area (Å²) < 4.78 is 11.9. The van der Waals surface area contributed by atoms with Crippen LogP contribution < -0.4 is 0 Å². The van der Waals surface area contributed by atoms with Crippen molar-refractivity contribution in [2.75, 3.05) is 6.67 Å². The van der Waals surface area contributed by atoms with Crippen molar-refractivity contribution in [1.82, 2.24) is 0 Å². The number of rotatable bonds is 3. The molecule has 0 nitrogen and oxygen atoms in total. The first kappa shape index (κ1) is 13.0. The fraction of sp³-hybridized carbons (Fsp3) is 0.600. The molecule has 0 bridgehead atoms. The highest BCUT2D eigenvalue weighted by Crippen LogP contribution is 1.97. The third-order valence-corrected chi connectivity index (χ3v) is 1.09. The summed E-state index contributed by atoms with van der Waals surface area (Å²) in [5.41, 5.74) is 0.761. The maximum atomic E-state index is 11.9. The van der Waals surface area contributed by atoms with Crippen molar-refractivity contribution in [3.8, 4) is 0 Å². The maximum Gasteiger partial charge on any atom is 0.114 e. The SMILES string of the molecule is C/C=C(\C=C/CC)CF.CC. The smallest absolute Gasteiger partial charge is 0.114 e. The Morgan fingerprint density at radius 3 is 2.18 bits per heavy atom. The Morgan fingerprint density at radius 1 is 1.36 bits per heavy atom. The first-order chi connectivity index (χ1) is 5.35. The fourth-order valence-electron chi connectivity index (χ4n) is 0.487. The summed E-state index contributed by atoms with van der Waals surface area (Å²) in [6, 6.07) is 0. The summed E-state index contributed by atoms with van der Waals surface area (Å²) in [6.45, 7) is 7.52. The standard InChI is InChI=1S/C8H13F.C2H6/c1-3-5-6-8(4-2)7-9;1-2/h4-6H,3,7H2,1-2H3;1-2H3/b6-5-,8-4+;. The van der Waals surface area contributed by atoms with E-state index in [1.54, 1.807) is 6.08 Å². The minimum Gasteiger partial charge on any atom is -0.246 e.